The van der Waals surface area contributed by atoms with Crippen molar-refractivity contribution in [1.29, 1.82) is 0 Å². The number of aliphatic hydroxyl groups is 1. The van der Waals surface area contributed by atoms with Gasteiger partial charge in [-0.05, 0) is 42.3 Å². The number of hydrogen-bond acceptors (Lipinski definition) is 2. The van der Waals surface area contributed by atoms with Crippen LogP contribution in [0.4, 0.5) is 0 Å². The van der Waals surface area contributed by atoms with Gasteiger partial charge in [0, 0.05) is 15.1 Å². The lowest BCUT2D eigenvalue weighted by atomic mass is 9.97. The molecular weight excluding hydrogens is 328 g/mol. The molecule has 2 aromatic carbocycles. The van der Waals surface area contributed by atoms with Gasteiger partial charge >= 0.3 is 0 Å². The van der Waals surface area contributed by atoms with Gasteiger partial charge in [0.05, 0.1) is 7.11 Å². The molecule has 0 aliphatic heterocycles. The molecule has 0 amide bonds. The van der Waals surface area contributed by atoms with Crippen LogP contribution in [0.2, 0.25) is 5.02 Å². The van der Waals surface area contributed by atoms with Gasteiger partial charge in [-0.15, -0.1) is 0 Å². The molecule has 0 radical (unpaired) electrons. The van der Waals surface area contributed by atoms with Gasteiger partial charge in [0.15, 0.2) is 0 Å². The van der Waals surface area contributed by atoms with Gasteiger partial charge in [-0.1, -0.05) is 39.7 Å². The summed E-state index contributed by atoms with van der Waals surface area (Å²) in [6.45, 7) is 1.96. The maximum Gasteiger partial charge on any atom is 0.125 e. The van der Waals surface area contributed by atoms with Gasteiger partial charge in [0.1, 0.15) is 11.9 Å². The molecule has 0 heterocycles. The fraction of sp³-hybridized carbons (Fsp3) is 0.200. The maximum absolute atomic E-state index is 10.6. The molecule has 0 spiro atoms. The predicted molar refractivity (Wildman–Crippen MR) is 80.9 cm³/mol. The van der Waals surface area contributed by atoms with E-state index in [0.717, 1.165) is 15.6 Å². The number of halogens is 2. The van der Waals surface area contributed by atoms with Crippen LogP contribution in [0.5, 0.6) is 5.75 Å². The average Bonchev–Trinajstić information content (AvgIpc) is 2.41. The van der Waals surface area contributed by atoms with Gasteiger partial charge in [0.2, 0.25) is 0 Å². The second-order valence-electron chi connectivity index (χ2n) is 4.24. The molecule has 19 heavy (non-hydrogen) atoms. The normalized spacial score (nSPS) is 12.3. The van der Waals surface area contributed by atoms with Crippen LogP contribution >= 0.6 is 27.5 Å². The number of methoxy groups -OCH3 is 1. The van der Waals surface area contributed by atoms with Crippen LogP contribution in [0.1, 0.15) is 22.8 Å². The quantitative estimate of drug-likeness (QED) is 0.890. The van der Waals surface area contributed by atoms with Gasteiger partial charge in [-0.2, -0.15) is 0 Å². The zero-order chi connectivity index (χ0) is 14.0. The first kappa shape index (κ1) is 14.4. The molecule has 0 bridgehead atoms. The minimum absolute atomic E-state index is 0.572. The topological polar surface area (TPSA) is 29.5 Å². The molecule has 0 aliphatic rings. The summed E-state index contributed by atoms with van der Waals surface area (Å²) in [7, 11) is 1.58. The number of ether oxygens (including phenoxy) is 1. The Bertz CT molecular complexity index is 599. The first-order valence-corrected chi connectivity index (χ1v) is 6.98. The highest BCUT2D eigenvalue weighted by molar-refractivity contribution is 9.10. The standard InChI is InChI=1S/C15H14BrClO2/c1-9-11(4-3-5-13(9)16)15(18)12-8-10(17)6-7-14(12)19-2/h3-8,15,18H,1-2H3. The van der Waals surface area contributed by atoms with E-state index in [1.54, 1.807) is 25.3 Å². The van der Waals surface area contributed by atoms with Crippen molar-refractivity contribution in [2.45, 2.75) is 13.0 Å². The maximum atomic E-state index is 10.6. The highest BCUT2D eigenvalue weighted by atomic mass is 79.9. The summed E-state index contributed by atoms with van der Waals surface area (Å²) in [5, 5.41) is 11.1. The van der Waals surface area contributed by atoms with Crippen LogP contribution in [0, 0.1) is 6.92 Å². The Morgan fingerprint density at radius 3 is 2.63 bits per heavy atom. The van der Waals surface area contributed by atoms with Crippen molar-refractivity contribution in [3.63, 3.8) is 0 Å². The van der Waals surface area contributed by atoms with Crippen molar-refractivity contribution in [2.75, 3.05) is 7.11 Å². The molecule has 0 aliphatic carbocycles. The van der Waals surface area contributed by atoms with Crippen molar-refractivity contribution in [1.82, 2.24) is 0 Å². The zero-order valence-corrected chi connectivity index (χ0v) is 13.0. The molecule has 0 fully saturated rings. The third-order valence-corrected chi connectivity index (χ3v) is 4.18. The molecule has 0 aromatic heterocycles. The van der Waals surface area contributed by atoms with Crippen molar-refractivity contribution in [2.24, 2.45) is 0 Å². The molecule has 100 valence electrons. The van der Waals surface area contributed by atoms with Crippen LogP contribution in [0.3, 0.4) is 0 Å². The smallest absolute Gasteiger partial charge is 0.125 e. The third-order valence-electron chi connectivity index (χ3n) is 3.09. The number of hydrogen-bond donors (Lipinski definition) is 1. The first-order chi connectivity index (χ1) is 9.04. The van der Waals surface area contributed by atoms with E-state index < -0.39 is 6.10 Å². The highest BCUT2D eigenvalue weighted by Crippen LogP contribution is 2.35. The van der Waals surface area contributed by atoms with Crippen molar-refractivity contribution >= 4 is 27.5 Å². The Hall–Kier alpha value is -1.03. The molecule has 0 saturated carbocycles. The van der Waals surface area contributed by atoms with E-state index in [1.165, 1.54) is 0 Å². The molecule has 1 atom stereocenters. The van der Waals surface area contributed by atoms with Crippen LogP contribution in [-0.2, 0) is 0 Å². The van der Waals surface area contributed by atoms with E-state index in [0.29, 0.717) is 16.3 Å². The fourth-order valence-electron chi connectivity index (χ4n) is 2.01. The first-order valence-electron chi connectivity index (χ1n) is 5.81. The van der Waals surface area contributed by atoms with E-state index >= 15 is 0 Å². The zero-order valence-electron chi connectivity index (χ0n) is 10.7. The lowest BCUT2D eigenvalue weighted by Crippen LogP contribution is -2.04. The molecule has 1 N–H and O–H groups in total. The summed E-state index contributed by atoms with van der Waals surface area (Å²) in [5.41, 5.74) is 2.49. The van der Waals surface area contributed by atoms with Crippen molar-refractivity contribution in [3.8, 4) is 5.75 Å². The van der Waals surface area contributed by atoms with E-state index in [1.807, 2.05) is 25.1 Å². The Kier molecular flexibility index (Phi) is 4.50. The summed E-state index contributed by atoms with van der Waals surface area (Å²) in [6.07, 6.45) is -0.772. The number of benzene rings is 2. The molecular formula is C15H14BrClO2. The summed E-state index contributed by atoms with van der Waals surface area (Å²) in [4.78, 5) is 0. The summed E-state index contributed by atoms with van der Waals surface area (Å²) < 4.78 is 6.25. The van der Waals surface area contributed by atoms with Gasteiger partial charge < -0.3 is 9.84 Å². The fourth-order valence-corrected chi connectivity index (χ4v) is 2.57. The highest BCUT2D eigenvalue weighted by Gasteiger charge is 2.18. The lowest BCUT2D eigenvalue weighted by Gasteiger charge is -2.18. The van der Waals surface area contributed by atoms with Crippen molar-refractivity contribution in [3.05, 3.63) is 62.6 Å². The third kappa shape index (κ3) is 2.94. The van der Waals surface area contributed by atoms with E-state index in [-0.39, 0.29) is 0 Å². The number of aliphatic hydroxyl groups excluding tert-OH is 1. The minimum atomic E-state index is -0.772. The van der Waals surface area contributed by atoms with E-state index in [4.69, 9.17) is 16.3 Å². The second kappa shape index (κ2) is 5.95. The molecule has 4 heteroatoms. The van der Waals surface area contributed by atoms with Gasteiger partial charge in [-0.25, -0.2) is 0 Å². The van der Waals surface area contributed by atoms with Gasteiger partial charge in [-0.3, -0.25) is 0 Å². The summed E-state index contributed by atoms with van der Waals surface area (Å²) >= 11 is 9.47. The van der Waals surface area contributed by atoms with Gasteiger partial charge in [0.25, 0.3) is 0 Å². The monoisotopic (exact) mass is 340 g/mol. The molecule has 1 unspecified atom stereocenters. The van der Waals surface area contributed by atoms with Crippen LogP contribution in [0.15, 0.2) is 40.9 Å². The average molecular weight is 342 g/mol. The molecule has 2 nitrogen and oxygen atoms in total. The predicted octanol–water partition coefficient (Wildman–Crippen LogP) is 4.50. The van der Waals surface area contributed by atoms with E-state index in [9.17, 15) is 5.11 Å². The largest absolute Gasteiger partial charge is 0.496 e. The van der Waals surface area contributed by atoms with Crippen LogP contribution in [0.25, 0.3) is 0 Å². The summed E-state index contributed by atoms with van der Waals surface area (Å²) in [6, 6.07) is 11.0. The molecule has 2 aromatic rings. The Labute approximate surface area is 126 Å². The lowest BCUT2D eigenvalue weighted by molar-refractivity contribution is 0.214. The Balaban J connectivity index is 2.52. The minimum Gasteiger partial charge on any atom is -0.496 e. The number of rotatable bonds is 3. The van der Waals surface area contributed by atoms with Crippen LogP contribution in [-0.4, -0.2) is 12.2 Å². The second-order valence-corrected chi connectivity index (χ2v) is 5.53. The molecule has 0 saturated heterocycles. The summed E-state index contributed by atoms with van der Waals surface area (Å²) in [5.74, 6) is 0.622. The Morgan fingerprint density at radius 2 is 1.95 bits per heavy atom. The SMILES string of the molecule is COc1ccc(Cl)cc1C(O)c1cccc(Br)c1C. The Morgan fingerprint density at radius 1 is 1.21 bits per heavy atom. The van der Waals surface area contributed by atoms with E-state index in [2.05, 4.69) is 15.9 Å². The van der Waals surface area contributed by atoms with Crippen molar-refractivity contribution < 1.29 is 9.84 Å². The molecule has 2 rings (SSSR count). The van der Waals surface area contributed by atoms with Crippen LogP contribution < -0.4 is 4.74 Å².